The van der Waals surface area contributed by atoms with Crippen molar-refractivity contribution in [3.8, 4) is 11.4 Å². The van der Waals surface area contributed by atoms with Crippen LogP contribution >= 0.6 is 0 Å². The number of nitrogens with zero attached hydrogens (tertiary/aromatic N) is 4. The van der Waals surface area contributed by atoms with Crippen LogP contribution in [0.3, 0.4) is 0 Å². The van der Waals surface area contributed by atoms with Crippen molar-refractivity contribution in [1.82, 2.24) is 14.8 Å². The summed E-state index contributed by atoms with van der Waals surface area (Å²) in [5.74, 6) is 1.03. The van der Waals surface area contributed by atoms with Crippen molar-refractivity contribution in [1.29, 1.82) is 0 Å². The van der Waals surface area contributed by atoms with Gasteiger partial charge in [-0.2, -0.15) is 5.10 Å². The summed E-state index contributed by atoms with van der Waals surface area (Å²) < 4.78 is 7.50. The summed E-state index contributed by atoms with van der Waals surface area (Å²) in [6.07, 6.45) is 2.35. The van der Waals surface area contributed by atoms with Gasteiger partial charge in [0.25, 0.3) is 0 Å². The summed E-state index contributed by atoms with van der Waals surface area (Å²) in [6.45, 7) is 4.43. The first kappa shape index (κ1) is 11.9. The Morgan fingerprint density at radius 2 is 1.95 bits per heavy atom. The van der Waals surface area contributed by atoms with Crippen LogP contribution in [0, 0.1) is 0 Å². The monoisotopic (exact) mass is 270 g/mol. The Bertz CT molecular complexity index is 595. The smallest absolute Gasteiger partial charge is 0.129 e. The maximum absolute atomic E-state index is 5.39. The number of pyridine rings is 1. The van der Waals surface area contributed by atoms with Gasteiger partial charge in [-0.15, -0.1) is 0 Å². The minimum absolute atomic E-state index is 0.782. The minimum Gasteiger partial charge on any atom is -0.378 e. The Hall–Kier alpha value is -1.88. The lowest BCUT2D eigenvalue weighted by Gasteiger charge is -2.27. The van der Waals surface area contributed by atoms with Gasteiger partial charge in [0, 0.05) is 25.3 Å². The second-order valence-corrected chi connectivity index (χ2v) is 5.33. The molecule has 2 aliphatic heterocycles. The van der Waals surface area contributed by atoms with E-state index in [0.717, 1.165) is 56.5 Å². The van der Waals surface area contributed by atoms with E-state index in [0.29, 0.717) is 0 Å². The van der Waals surface area contributed by atoms with E-state index in [1.54, 1.807) is 0 Å². The van der Waals surface area contributed by atoms with Gasteiger partial charge in [-0.3, -0.25) is 4.68 Å². The number of fused-ring (bicyclic) bond motifs is 1. The standard InChI is InChI=1S/C15H18N4O/c1-4-13(14-11-12-3-2-6-19(12)17-14)16-15(5-1)18-7-9-20-10-8-18/h1,4-5,11H,2-3,6-10H2. The quantitative estimate of drug-likeness (QED) is 0.833. The fourth-order valence-corrected chi connectivity index (χ4v) is 2.92. The Labute approximate surface area is 118 Å². The lowest BCUT2D eigenvalue weighted by molar-refractivity contribution is 0.122. The number of ether oxygens (including phenoxy) is 1. The van der Waals surface area contributed by atoms with Gasteiger partial charge in [-0.05, 0) is 31.0 Å². The number of rotatable bonds is 2. The number of aryl methyl sites for hydroxylation is 2. The van der Waals surface area contributed by atoms with E-state index in [2.05, 4.69) is 32.9 Å². The predicted molar refractivity (Wildman–Crippen MR) is 76.8 cm³/mol. The second kappa shape index (κ2) is 4.90. The van der Waals surface area contributed by atoms with Gasteiger partial charge in [-0.1, -0.05) is 6.07 Å². The van der Waals surface area contributed by atoms with E-state index in [1.165, 1.54) is 12.1 Å². The summed E-state index contributed by atoms with van der Waals surface area (Å²) in [6, 6.07) is 8.36. The molecule has 0 aliphatic carbocycles. The summed E-state index contributed by atoms with van der Waals surface area (Å²) in [5.41, 5.74) is 3.30. The molecule has 4 rings (SSSR count). The van der Waals surface area contributed by atoms with E-state index in [9.17, 15) is 0 Å². The highest BCUT2D eigenvalue weighted by molar-refractivity contribution is 5.58. The summed E-state index contributed by atoms with van der Waals surface area (Å²) in [5, 5.41) is 4.66. The first-order chi connectivity index (χ1) is 9.90. The molecule has 2 aromatic rings. The van der Waals surface area contributed by atoms with Crippen molar-refractivity contribution < 1.29 is 4.74 Å². The SMILES string of the molecule is c1cc(-c2cc3n(n2)CCC3)nc(N2CCOCC2)c1. The Kier molecular flexibility index (Phi) is 2.92. The zero-order valence-electron chi connectivity index (χ0n) is 11.5. The lowest BCUT2D eigenvalue weighted by Crippen LogP contribution is -2.36. The molecule has 5 nitrogen and oxygen atoms in total. The number of morpholine rings is 1. The highest BCUT2D eigenvalue weighted by Gasteiger charge is 2.17. The molecule has 0 bridgehead atoms. The van der Waals surface area contributed by atoms with Crippen LogP contribution in [-0.2, 0) is 17.7 Å². The molecule has 0 amide bonds. The van der Waals surface area contributed by atoms with Gasteiger partial charge in [0.1, 0.15) is 11.5 Å². The first-order valence-electron chi connectivity index (χ1n) is 7.27. The van der Waals surface area contributed by atoms with Gasteiger partial charge in [0.2, 0.25) is 0 Å². The molecule has 0 N–H and O–H groups in total. The Morgan fingerprint density at radius 3 is 2.80 bits per heavy atom. The van der Waals surface area contributed by atoms with Gasteiger partial charge in [0.15, 0.2) is 0 Å². The minimum atomic E-state index is 0.782. The topological polar surface area (TPSA) is 43.2 Å². The lowest BCUT2D eigenvalue weighted by atomic mass is 10.2. The number of hydrogen-bond donors (Lipinski definition) is 0. The fourth-order valence-electron chi connectivity index (χ4n) is 2.92. The highest BCUT2D eigenvalue weighted by Crippen LogP contribution is 2.24. The zero-order valence-corrected chi connectivity index (χ0v) is 11.5. The largest absolute Gasteiger partial charge is 0.378 e. The van der Waals surface area contributed by atoms with Crippen LogP contribution in [0.25, 0.3) is 11.4 Å². The maximum atomic E-state index is 5.39. The average molecular weight is 270 g/mol. The van der Waals surface area contributed by atoms with Crippen LogP contribution in [0.2, 0.25) is 0 Å². The van der Waals surface area contributed by atoms with Crippen molar-refractivity contribution in [2.45, 2.75) is 19.4 Å². The molecule has 0 aromatic carbocycles. The van der Waals surface area contributed by atoms with Crippen molar-refractivity contribution in [3.05, 3.63) is 30.0 Å². The molecule has 104 valence electrons. The summed E-state index contributed by atoms with van der Waals surface area (Å²) >= 11 is 0. The molecule has 1 fully saturated rings. The molecule has 0 unspecified atom stereocenters. The molecule has 2 aliphatic rings. The van der Waals surface area contributed by atoms with Crippen LogP contribution in [-0.4, -0.2) is 41.1 Å². The average Bonchev–Trinajstić information content (AvgIpc) is 3.10. The van der Waals surface area contributed by atoms with Crippen LogP contribution in [0.4, 0.5) is 5.82 Å². The van der Waals surface area contributed by atoms with E-state index in [-0.39, 0.29) is 0 Å². The maximum Gasteiger partial charge on any atom is 0.129 e. The van der Waals surface area contributed by atoms with Crippen molar-refractivity contribution in [2.24, 2.45) is 0 Å². The van der Waals surface area contributed by atoms with Crippen LogP contribution < -0.4 is 4.90 Å². The van der Waals surface area contributed by atoms with Gasteiger partial charge >= 0.3 is 0 Å². The third kappa shape index (κ3) is 2.08. The number of aromatic nitrogens is 3. The molecular weight excluding hydrogens is 252 g/mol. The van der Waals surface area contributed by atoms with Crippen molar-refractivity contribution >= 4 is 5.82 Å². The van der Waals surface area contributed by atoms with Crippen LogP contribution in [0.5, 0.6) is 0 Å². The van der Waals surface area contributed by atoms with E-state index in [4.69, 9.17) is 9.72 Å². The molecular formula is C15H18N4O. The van der Waals surface area contributed by atoms with Crippen LogP contribution in [0.1, 0.15) is 12.1 Å². The van der Waals surface area contributed by atoms with Crippen molar-refractivity contribution in [3.63, 3.8) is 0 Å². The van der Waals surface area contributed by atoms with E-state index in [1.807, 2.05) is 6.07 Å². The normalized spacial score (nSPS) is 18.3. The Morgan fingerprint density at radius 1 is 1.05 bits per heavy atom. The molecule has 0 radical (unpaired) electrons. The number of anilines is 1. The molecule has 1 saturated heterocycles. The van der Waals surface area contributed by atoms with Crippen molar-refractivity contribution in [2.75, 3.05) is 31.2 Å². The predicted octanol–water partition coefficient (Wildman–Crippen LogP) is 1.73. The zero-order chi connectivity index (χ0) is 13.4. The molecule has 20 heavy (non-hydrogen) atoms. The highest BCUT2D eigenvalue weighted by atomic mass is 16.5. The van der Waals surface area contributed by atoms with E-state index >= 15 is 0 Å². The van der Waals surface area contributed by atoms with Gasteiger partial charge in [-0.25, -0.2) is 4.98 Å². The molecule has 0 atom stereocenters. The van der Waals surface area contributed by atoms with Gasteiger partial charge in [0.05, 0.1) is 18.9 Å². The third-order valence-electron chi connectivity index (χ3n) is 4.00. The third-order valence-corrected chi connectivity index (χ3v) is 4.00. The summed E-state index contributed by atoms with van der Waals surface area (Å²) in [7, 11) is 0. The molecule has 2 aromatic heterocycles. The van der Waals surface area contributed by atoms with E-state index < -0.39 is 0 Å². The summed E-state index contributed by atoms with van der Waals surface area (Å²) in [4.78, 5) is 7.05. The second-order valence-electron chi connectivity index (χ2n) is 5.33. The fraction of sp³-hybridized carbons (Fsp3) is 0.467. The van der Waals surface area contributed by atoms with Gasteiger partial charge < -0.3 is 9.64 Å². The molecule has 4 heterocycles. The van der Waals surface area contributed by atoms with Crippen LogP contribution in [0.15, 0.2) is 24.3 Å². The molecule has 0 saturated carbocycles. The molecule has 5 heteroatoms. The Balaban J connectivity index is 1.64. The number of hydrogen-bond acceptors (Lipinski definition) is 4. The molecule has 0 spiro atoms. The first-order valence-corrected chi connectivity index (χ1v) is 7.27.